The number of piperidine rings is 2. The third kappa shape index (κ3) is 10.4. The van der Waals surface area contributed by atoms with E-state index in [-0.39, 0.29) is 24.1 Å². The Hall–Kier alpha value is -3.36. The van der Waals surface area contributed by atoms with Crippen LogP contribution in [0.3, 0.4) is 0 Å². The number of amides is 2. The molecule has 0 aromatic carbocycles. The fraction of sp³-hybridized carbons (Fsp3) is 0.552. The lowest BCUT2D eigenvalue weighted by Gasteiger charge is -2.32. The molecule has 4 rings (SSSR count). The van der Waals surface area contributed by atoms with Gasteiger partial charge in [-0.25, -0.2) is 4.52 Å². The molecule has 0 unspecified atom stereocenters. The van der Waals surface area contributed by atoms with E-state index in [1.807, 2.05) is 22.5 Å². The van der Waals surface area contributed by atoms with Crippen LogP contribution in [0.1, 0.15) is 50.0 Å². The highest BCUT2D eigenvalue weighted by Gasteiger charge is 2.22. The van der Waals surface area contributed by atoms with Gasteiger partial charge >= 0.3 is 6.61 Å². The van der Waals surface area contributed by atoms with Crippen LogP contribution in [-0.4, -0.2) is 102 Å². The molecule has 2 fully saturated rings. The summed E-state index contributed by atoms with van der Waals surface area (Å²) in [6, 6.07) is 4.24. The van der Waals surface area contributed by atoms with Crippen LogP contribution in [0.2, 0.25) is 0 Å². The van der Waals surface area contributed by atoms with E-state index in [4.69, 9.17) is 0 Å². The summed E-state index contributed by atoms with van der Waals surface area (Å²) in [5, 5.41) is 9.79. The van der Waals surface area contributed by atoms with Crippen LogP contribution in [0.5, 0.6) is 0 Å². The highest BCUT2D eigenvalue weighted by molar-refractivity contribution is 7.97. The lowest BCUT2D eigenvalue weighted by molar-refractivity contribution is -0.116. The minimum atomic E-state index is -2.91. The number of halogens is 2. The van der Waals surface area contributed by atoms with Gasteiger partial charge in [0.15, 0.2) is 5.76 Å². The Bertz CT molecular complexity index is 1260. The van der Waals surface area contributed by atoms with Crippen molar-refractivity contribution < 1.29 is 23.1 Å². The summed E-state index contributed by atoms with van der Waals surface area (Å²) in [6.45, 7) is 5.71. The largest absolute Gasteiger partial charge is 0.432 e. The molecule has 0 bridgehead atoms. The summed E-state index contributed by atoms with van der Waals surface area (Å²) in [4.78, 5) is 32.9. The van der Waals surface area contributed by atoms with Crippen molar-refractivity contribution in [3.05, 3.63) is 42.0 Å². The van der Waals surface area contributed by atoms with Crippen LogP contribution in [0.4, 0.5) is 14.5 Å². The second-order valence-electron chi connectivity index (χ2n) is 10.6. The van der Waals surface area contributed by atoms with E-state index in [0.717, 1.165) is 82.3 Å². The van der Waals surface area contributed by atoms with Gasteiger partial charge in [0.2, 0.25) is 12.3 Å². The van der Waals surface area contributed by atoms with Gasteiger partial charge in [-0.1, -0.05) is 18.0 Å². The van der Waals surface area contributed by atoms with Crippen LogP contribution in [0, 0.1) is 0 Å². The van der Waals surface area contributed by atoms with Gasteiger partial charge < -0.3 is 20.3 Å². The molecule has 234 valence electrons. The Kier molecular flexibility index (Phi) is 12.9. The highest BCUT2D eigenvalue weighted by atomic mass is 32.2. The molecule has 2 aliphatic rings. The minimum Gasteiger partial charge on any atom is -0.432 e. The van der Waals surface area contributed by atoms with Crippen molar-refractivity contribution in [2.45, 2.75) is 57.1 Å². The molecule has 0 saturated carbocycles. The Labute approximate surface area is 255 Å². The van der Waals surface area contributed by atoms with Crippen LogP contribution >= 0.6 is 11.9 Å². The van der Waals surface area contributed by atoms with Crippen molar-refractivity contribution in [3.63, 3.8) is 0 Å². The van der Waals surface area contributed by atoms with Crippen LogP contribution in [0.25, 0.3) is 5.52 Å². The zero-order valence-electron chi connectivity index (χ0n) is 24.2. The maximum Gasteiger partial charge on any atom is 0.387 e. The lowest BCUT2D eigenvalue weighted by Crippen LogP contribution is -2.34. The minimum absolute atomic E-state index is 0.0800. The van der Waals surface area contributed by atoms with Crippen molar-refractivity contribution in [1.82, 2.24) is 24.1 Å². The van der Waals surface area contributed by atoms with E-state index >= 15 is 0 Å². The number of alkyl halides is 2. The normalized spacial score (nSPS) is 18.0. The number of hydrogen-bond acceptors (Lipinski definition) is 9. The predicted octanol–water partition coefficient (Wildman–Crippen LogP) is 3.94. The van der Waals surface area contributed by atoms with Crippen LogP contribution < -0.4 is 10.6 Å². The third-order valence-corrected chi connectivity index (χ3v) is 8.83. The summed E-state index contributed by atoms with van der Waals surface area (Å²) in [5.74, 6) is 1.30. The van der Waals surface area contributed by atoms with E-state index < -0.39 is 6.61 Å². The summed E-state index contributed by atoms with van der Waals surface area (Å²) in [5.41, 5.74) is 2.77. The maximum atomic E-state index is 12.5. The predicted molar refractivity (Wildman–Crippen MR) is 166 cm³/mol. The van der Waals surface area contributed by atoms with Gasteiger partial charge in [0.1, 0.15) is 0 Å². The monoisotopic (exact) mass is 618 g/mol. The molecule has 0 spiro atoms. The van der Waals surface area contributed by atoms with Crippen LogP contribution in [-0.2, 0) is 14.3 Å². The smallest absolute Gasteiger partial charge is 0.387 e. The molecule has 0 aliphatic carbocycles. The van der Waals surface area contributed by atoms with Crippen molar-refractivity contribution in [2.75, 3.05) is 50.3 Å². The lowest BCUT2D eigenvalue weighted by atomic mass is 9.90. The molecule has 11 nitrogen and oxygen atoms in total. The molecule has 2 aromatic rings. The zero-order chi connectivity index (χ0) is 30.4. The molecular formula is C29H40F2N8O3S. The molecule has 14 heteroatoms. The van der Waals surface area contributed by atoms with Crippen molar-refractivity contribution in [2.24, 2.45) is 9.98 Å². The number of rotatable bonds is 16. The molecule has 4 heterocycles. The van der Waals surface area contributed by atoms with Gasteiger partial charge in [0.05, 0.1) is 35.9 Å². The van der Waals surface area contributed by atoms with Gasteiger partial charge in [-0.05, 0) is 76.0 Å². The molecule has 0 atom stereocenters. The molecular weight excluding hydrogens is 578 g/mol. The number of pyridine rings is 1. The van der Waals surface area contributed by atoms with Gasteiger partial charge in [-0.15, -0.1) is 0 Å². The number of carbonyl (C=O) groups excluding carboxylic acids is 2. The van der Waals surface area contributed by atoms with Crippen molar-refractivity contribution in [3.8, 4) is 0 Å². The molecule has 2 N–H and O–H groups in total. The van der Waals surface area contributed by atoms with E-state index in [9.17, 15) is 18.4 Å². The molecule has 43 heavy (non-hydrogen) atoms. The van der Waals surface area contributed by atoms with E-state index in [2.05, 4.69) is 58.6 Å². The van der Waals surface area contributed by atoms with Crippen LogP contribution in [0.15, 0.2) is 46.5 Å². The third-order valence-electron chi connectivity index (χ3n) is 7.62. The molecule has 2 aliphatic heterocycles. The molecule has 0 radical (unpaired) electrons. The first-order chi connectivity index (χ1) is 20.9. The number of anilines is 1. The van der Waals surface area contributed by atoms with Gasteiger partial charge in [0.25, 0.3) is 0 Å². The second kappa shape index (κ2) is 17.1. The maximum absolute atomic E-state index is 12.5. The highest BCUT2D eigenvalue weighted by Crippen LogP contribution is 2.30. The number of ether oxygens (including phenoxy) is 1. The topological polar surface area (TPSA) is 116 Å². The Morgan fingerprint density at radius 1 is 1.21 bits per heavy atom. The molecule has 2 amide bonds. The fourth-order valence-corrected chi connectivity index (χ4v) is 6.34. The molecule has 2 aromatic heterocycles. The van der Waals surface area contributed by atoms with Crippen molar-refractivity contribution >= 4 is 48.4 Å². The average molecular weight is 619 g/mol. The standard InChI is InChI=1S/C29H40F2N8O3S/c1-32-17-25(42-29(30)31)18-34-24-8-14-38(15-9-24)43-16-2-11-37-12-6-22(7-13-37)23-3-4-27-26(19-35-39(27)20-23)36-28(41)5-10-33-21-40/h3-4,17-22,24,29H,1-2,5-16H2,(H,33,40)(H,36,41)/b25-17+,34-18?. The number of likely N-dealkylation sites (tertiary alicyclic amines) is 1. The summed E-state index contributed by atoms with van der Waals surface area (Å²) in [6.07, 6.45) is 12.1. The van der Waals surface area contributed by atoms with Gasteiger partial charge in [-0.3, -0.25) is 23.9 Å². The number of fused-ring (bicyclic) bond motifs is 1. The van der Waals surface area contributed by atoms with E-state index in [0.29, 0.717) is 24.6 Å². The fourth-order valence-electron chi connectivity index (χ4n) is 5.35. The first-order valence-corrected chi connectivity index (χ1v) is 15.6. The average Bonchev–Trinajstić information content (AvgIpc) is 3.40. The first kappa shape index (κ1) is 32.6. The summed E-state index contributed by atoms with van der Waals surface area (Å²) < 4.78 is 33.5. The van der Waals surface area contributed by atoms with Gasteiger partial charge in [0, 0.05) is 38.0 Å². The van der Waals surface area contributed by atoms with E-state index in [1.54, 1.807) is 6.20 Å². The number of hydrogen-bond donors (Lipinski definition) is 2. The number of allylic oxidation sites excluding steroid dienone is 1. The number of aromatic nitrogens is 2. The Morgan fingerprint density at radius 3 is 2.72 bits per heavy atom. The quantitative estimate of drug-likeness (QED) is 0.0963. The first-order valence-electron chi connectivity index (χ1n) is 14.6. The van der Waals surface area contributed by atoms with Gasteiger partial charge in [-0.2, -0.15) is 13.9 Å². The number of nitrogens with one attached hydrogen (secondary N) is 2. The number of nitrogens with zero attached hydrogens (tertiary/aromatic N) is 6. The van der Waals surface area contributed by atoms with Crippen molar-refractivity contribution in [1.29, 1.82) is 0 Å². The van der Waals surface area contributed by atoms with E-state index in [1.165, 1.54) is 11.8 Å². The number of carbonyl (C=O) groups is 2. The summed E-state index contributed by atoms with van der Waals surface area (Å²) in [7, 11) is 0. The summed E-state index contributed by atoms with van der Waals surface area (Å²) >= 11 is 1.88. The second-order valence-corrected chi connectivity index (χ2v) is 11.7. The SMILES string of the molecule is C=N/C=C(\C=NC1CCN(SCCCN2CCC(c3ccc4c(NC(=O)CCNC=O)cnn4c3)CC2)CC1)OC(F)F. The zero-order valence-corrected chi connectivity index (χ0v) is 25.1. The molecule has 2 saturated heterocycles. The number of aliphatic imine (C=N–C) groups is 2. The Morgan fingerprint density at radius 2 is 2.00 bits per heavy atom. The Balaban J connectivity index is 1.12.